The first-order chi connectivity index (χ1) is 36.0. The van der Waals surface area contributed by atoms with Crippen molar-refractivity contribution < 1.29 is 28.6 Å². The van der Waals surface area contributed by atoms with Gasteiger partial charge in [0.25, 0.3) is 0 Å². The predicted molar refractivity (Wildman–Crippen MR) is 316 cm³/mol. The highest BCUT2D eigenvalue weighted by Gasteiger charge is 2.19. The summed E-state index contributed by atoms with van der Waals surface area (Å²) in [5.74, 6) is -0.867. The summed E-state index contributed by atoms with van der Waals surface area (Å²) in [6, 6.07) is 0. The predicted octanol–water partition coefficient (Wildman–Crippen LogP) is 22.2. The normalized spacial score (nSPS) is 12.1. The summed E-state index contributed by atoms with van der Waals surface area (Å²) in [7, 11) is 0. The molecule has 0 saturated heterocycles. The number of esters is 3. The van der Waals surface area contributed by atoms with E-state index >= 15 is 0 Å². The third-order valence-corrected chi connectivity index (χ3v) is 15.0. The van der Waals surface area contributed by atoms with Gasteiger partial charge in [0, 0.05) is 19.3 Å². The Balaban J connectivity index is 3.99. The van der Waals surface area contributed by atoms with Crippen LogP contribution in [0.3, 0.4) is 0 Å². The zero-order valence-corrected chi connectivity index (χ0v) is 49.4. The molecule has 6 nitrogen and oxygen atoms in total. The van der Waals surface area contributed by atoms with Gasteiger partial charge in [0.2, 0.25) is 0 Å². The molecule has 0 radical (unpaired) electrons. The summed E-state index contributed by atoms with van der Waals surface area (Å²) in [6.45, 7) is 6.62. The van der Waals surface area contributed by atoms with E-state index in [1.807, 2.05) is 0 Å². The highest BCUT2D eigenvalue weighted by molar-refractivity contribution is 5.71. The Morgan fingerprint density at radius 2 is 0.507 bits per heavy atom. The Morgan fingerprint density at radius 1 is 0.274 bits per heavy atom. The lowest BCUT2D eigenvalue weighted by Gasteiger charge is -2.18. The molecule has 0 N–H and O–H groups in total. The van der Waals surface area contributed by atoms with Crippen LogP contribution in [0.5, 0.6) is 0 Å². The second kappa shape index (κ2) is 62.4. The molecule has 0 spiro atoms. The summed E-state index contributed by atoms with van der Waals surface area (Å²) in [4.78, 5) is 38.1. The van der Waals surface area contributed by atoms with E-state index in [4.69, 9.17) is 14.2 Å². The maximum absolute atomic E-state index is 12.8. The lowest BCUT2D eigenvalue weighted by molar-refractivity contribution is -0.167. The minimum atomic E-state index is -0.773. The lowest BCUT2D eigenvalue weighted by Crippen LogP contribution is -2.30. The maximum atomic E-state index is 12.8. The third kappa shape index (κ3) is 60.6. The largest absolute Gasteiger partial charge is 0.462 e. The highest BCUT2D eigenvalue weighted by atomic mass is 16.6. The lowest BCUT2D eigenvalue weighted by atomic mass is 10.0. The van der Waals surface area contributed by atoms with Gasteiger partial charge in [0.15, 0.2) is 6.10 Å². The zero-order valence-electron chi connectivity index (χ0n) is 49.4. The molecule has 0 aliphatic rings. The molecule has 0 amide bonds. The van der Waals surface area contributed by atoms with Crippen molar-refractivity contribution in [1.82, 2.24) is 0 Å². The van der Waals surface area contributed by atoms with Crippen LogP contribution in [-0.4, -0.2) is 37.2 Å². The van der Waals surface area contributed by atoms with Crippen molar-refractivity contribution in [2.75, 3.05) is 13.2 Å². The Bertz CT molecular complexity index is 1180. The van der Waals surface area contributed by atoms with Gasteiger partial charge in [-0.05, 0) is 44.9 Å². The van der Waals surface area contributed by atoms with E-state index in [2.05, 4.69) is 45.1 Å². The molecule has 0 saturated carbocycles. The molecule has 0 bridgehead atoms. The first-order valence-electron chi connectivity index (χ1n) is 32.8. The van der Waals surface area contributed by atoms with Crippen LogP contribution in [0.25, 0.3) is 0 Å². The molecule has 0 aliphatic heterocycles. The number of allylic oxidation sites excluding steroid dienone is 4. The van der Waals surface area contributed by atoms with E-state index in [0.29, 0.717) is 19.3 Å². The van der Waals surface area contributed by atoms with Crippen molar-refractivity contribution in [2.24, 2.45) is 0 Å². The molecule has 0 fully saturated rings. The number of carbonyl (C=O) groups is 3. The van der Waals surface area contributed by atoms with E-state index in [0.717, 1.165) is 83.5 Å². The molecule has 0 aliphatic carbocycles. The SMILES string of the molecule is CCCC/C=C\C/C=C\CCCCCCCC(=O)OC(COC(=O)CCCCCCCCCCC)COC(=O)CCCCCCCCCCCCCCCCCCCCCCCCCCCCCCCCCC. The molecule has 1 unspecified atom stereocenters. The molecule has 0 heterocycles. The van der Waals surface area contributed by atoms with Crippen LogP contribution in [0, 0.1) is 0 Å². The van der Waals surface area contributed by atoms with Crippen molar-refractivity contribution in [3.8, 4) is 0 Å². The molecule has 0 aromatic carbocycles. The fourth-order valence-electron chi connectivity index (χ4n) is 9.99. The number of hydrogen-bond donors (Lipinski definition) is 0. The maximum Gasteiger partial charge on any atom is 0.306 e. The minimum absolute atomic E-state index is 0.0719. The Labute approximate surface area is 455 Å². The molecule has 73 heavy (non-hydrogen) atoms. The van der Waals surface area contributed by atoms with Gasteiger partial charge in [0.1, 0.15) is 13.2 Å². The summed E-state index contributed by atoms with van der Waals surface area (Å²) in [5.41, 5.74) is 0. The van der Waals surface area contributed by atoms with Crippen molar-refractivity contribution in [2.45, 2.75) is 374 Å². The number of rotatable bonds is 61. The van der Waals surface area contributed by atoms with Gasteiger partial charge in [-0.15, -0.1) is 0 Å². The van der Waals surface area contributed by atoms with Gasteiger partial charge in [-0.25, -0.2) is 0 Å². The fraction of sp³-hybridized carbons (Fsp3) is 0.896. The number of carbonyl (C=O) groups excluding carboxylic acids is 3. The van der Waals surface area contributed by atoms with E-state index in [9.17, 15) is 14.4 Å². The number of unbranched alkanes of at least 4 members (excludes halogenated alkanes) is 46. The minimum Gasteiger partial charge on any atom is -0.462 e. The molecular weight excluding hydrogens is 901 g/mol. The van der Waals surface area contributed by atoms with Gasteiger partial charge >= 0.3 is 17.9 Å². The number of hydrogen-bond acceptors (Lipinski definition) is 6. The van der Waals surface area contributed by atoms with Crippen molar-refractivity contribution in [1.29, 1.82) is 0 Å². The monoisotopic (exact) mass is 1030 g/mol. The van der Waals surface area contributed by atoms with Crippen LogP contribution in [0.15, 0.2) is 24.3 Å². The topological polar surface area (TPSA) is 78.9 Å². The average molecular weight is 1030 g/mol. The van der Waals surface area contributed by atoms with E-state index in [1.165, 1.54) is 244 Å². The summed E-state index contributed by atoms with van der Waals surface area (Å²) >= 11 is 0. The Morgan fingerprint density at radius 3 is 0.795 bits per heavy atom. The second-order valence-corrected chi connectivity index (χ2v) is 22.4. The van der Waals surface area contributed by atoms with Gasteiger partial charge in [-0.1, -0.05) is 328 Å². The molecule has 6 heteroatoms. The van der Waals surface area contributed by atoms with Gasteiger partial charge < -0.3 is 14.2 Å². The van der Waals surface area contributed by atoms with Gasteiger partial charge in [0.05, 0.1) is 0 Å². The van der Waals surface area contributed by atoms with E-state index < -0.39 is 6.10 Å². The Hall–Kier alpha value is -2.11. The van der Waals surface area contributed by atoms with Crippen LogP contribution in [0.1, 0.15) is 367 Å². The molecule has 0 rings (SSSR count). The average Bonchev–Trinajstić information content (AvgIpc) is 3.39. The summed E-state index contributed by atoms with van der Waals surface area (Å²) in [6.07, 6.45) is 75.2. The molecule has 1 atom stereocenters. The standard InChI is InChI=1S/C67H126O6/c1-4-7-10-13-16-19-21-23-25-26-27-28-29-30-31-32-33-34-35-36-37-38-39-40-41-42-44-45-48-51-54-57-60-66(69)72-63-64(62-71-65(68)59-56-53-50-47-18-15-12-9-6-3)73-67(70)61-58-55-52-49-46-43-24-22-20-17-14-11-8-5-2/h14,17,22,24,64H,4-13,15-16,18-21,23,25-63H2,1-3H3/b17-14-,24-22-. The van der Waals surface area contributed by atoms with Crippen LogP contribution in [0.4, 0.5) is 0 Å². The van der Waals surface area contributed by atoms with Gasteiger partial charge in [-0.3, -0.25) is 14.4 Å². The highest BCUT2D eigenvalue weighted by Crippen LogP contribution is 2.18. The molecular formula is C67H126O6. The van der Waals surface area contributed by atoms with Gasteiger partial charge in [-0.2, -0.15) is 0 Å². The van der Waals surface area contributed by atoms with Crippen LogP contribution >= 0.6 is 0 Å². The molecule has 0 aromatic heterocycles. The smallest absolute Gasteiger partial charge is 0.306 e. The fourth-order valence-corrected chi connectivity index (χ4v) is 9.99. The van der Waals surface area contributed by atoms with Crippen molar-refractivity contribution in [3.63, 3.8) is 0 Å². The first kappa shape index (κ1) is 70.9. The molecule has 430 valence electrons. The quantitative estimate of drug-likeness (QED) is 0.0261. The summed E-state index contributed by atoms with van der Waals surface area (Å²) in [5, 5.41) is 0. The van der Waals surface area contributed by atoms with E-state index in [1.54, 1.807) is 0 Å². The zero-order chi connectivity index (χ0) is 52.9. The van der Waals surface area contributed by atoms with Crippen molar-refractivity contribution >= 4 is 17.9 Å². The second-order valence-electron chi connectivity index (χ2n) is 22.4. The molecule has 0 aromatic rings. The number of ether oxygens (including phenoxy) is 3. The van der Waals surface area contributed by atoms with Crippen LogP contribution < -0.4 is 0 Å². The summed E-state index contributed by atoms with van der Waals surface area (Å²) < 4.78 is 16.8. The third-order valence-electron chi connectivity index (χ3n) is 15.0. The van der Waals surface area contributed by atoms with Crippen LogP contribution in [0.2, 0.25) is 0 Å². The Kier molecular flexibility index (Phi) is 60.6. The van der Waals surface area contributed by atoms with E-state index in [-0.39, 0.29) is 31.1 Å². The van der Waals surface area contributed by atoms with Crippen molar-refractivity contribution in [3.05, 3.63) is 24.3 Å². The van der Waals surface area contributed by atoms with Crippen LogP contribution in [-0.2, 0) is 28.6 Å². The first-order valence-corrected chi connectivity index (χ1v) is 32.8.